The number of likely N-dealkylation sites (tertiary alicyclic amines) is 1. The molecule has 0 spiro atoms. The smallest absolute Gasteiger partial charge is 0.230 e. The molecule has 172 valence electrons. The van der Waals surface area contributed by atoms with Crippen molar-refractivity contribution in [2.24, 2.45) is 0 Å². The van der Waals surface area contributed by atoms with Crippen molar-refractivity contribution in [3.05, 3.63) is 30.1 Å². The number of ether oxygens (including phenoxy) is 2. The van der Waals surface area contributed by atoms with Crippen LogP contribution in [0.3, 0.4) is 0 Å². The van der Waals surface area contributed by atoms with Crippen molar-refractivity contribution >= 4 is 23.6 Å². The van der Waals surface area contributed by atoms with Crippen LogP contribution >= 0.6 is 11.8 Å². The number of thioether (sulfide) groups is 1. The normalized spacial score (nSPS) is 18.3. The zero-order valence-corrected chi connectivity index (χ0v) is 19.1. The molecule has 1 atom stereocenters. The van der Waals surface area contributed by atoms with Gasteiger partial charge < -0.3 is 24.3 Å². The lowest BCUT2D eigenvalue weighted by atomic mass is 10.2. The largest absolute Gasteiger partial charge is 0.486 e. The van der Waals surface area contributed by atoms with Gasteiger partial charge in [0, 0.05) is 19.5 Å². The van der Waals surface area contributed by atoms with Gasteiger partial charge in [0.05, 0.1) is 18.8 Å². The maximum Gasteiger partial charge on any atom is 0.230 e. The summed E-state index contributed by atoms with van der Waals surface area (Å²) in [5.74, 6) is 2.48. The van der Waals surface area contributed by atoms with E-state index in [1.807, 2.05) is 40.7 Å². The molecule has 2 aliphatic rings. The predicted molar refractivity (Wildman–Crippen MR) is 120 cm³/mol. The molecule has 0 aliphatic carbocycles. The Morgan fingerprint density at radius 1 is 1.22 bits per heavy atom. The van der Waals surface area contributed by atoms with Gasteiger partial charge in [-0.05, 0) is 31.9 Å². The Labute approximate surface area is 191 Å². The maximum atomic E-state index is 12.4. The van der Waals surface area contributed by atoms with Gasteiger partial charge in [-0.2, -0.15) is 0 Å². The van der Waals surface area contributed by atoms with Gasteiger partial charge in [-0.25, -0.2) is 0 Å². The van der Waals surface area contributed by atoms with Crippen molar-refractivity contribution in [3.8, 4) is 11.5 Å². The number of carbonyl (C=O) groups excluding carboxylic acids is 2. The van der Waals surface area contributed by atoms with Crippen LogP contribution in [-0.4, -0.2) is 63.0 Å². The molecule has 1 aromatic heterocycles. The molecule has 2 aromatic rings. The fourth-order valence-corrected chi connectivity index (χ4v) is 4.66. The molecule has 10 heteroatoms. The monoisotopic (exact) mass is 459 g/mol. The summed E-state index contributed by atoms with van der Waals surface area (Å²) in [5.41, 5.74) is 0. The number of para-hydroxylation sites is 2. The molecule has 4 rings (SSSR count). The fourth-order valence-electron chi connectivity index (χ4n) is 3.81. The Balaban J connectivity index is 1.26. The first-order valence-corrected chi connectivity index (χ1v) is 12.1. The van der Waals surface area contributed by atoms with Gasteiger partial charge in [-0.15, -0.1) is 10.2 Å². The molecule has 0 radical (unpaired) electrons. The molecule has 2 aliphatic heterocycles. The number of carbonyl (C=O) groups is 2. The van der Waals surface area contributed by atoms with Crippen molar-refractivity contribution in [1.29, 1.82) is 0 Å². The Morgan fingerprint density at radius 2 is 2.06 bits per heavy atom. The SMILES string of the molecule is CCn1c(CN2CCCCCC2=O)nnc1SCC(=O)NC[C@@H]1COc2ccccc2O1. The second-order valence-corrected chi connectivity index (χ2v) is 8.80. The number of amides is 2. The van der Waals surface area contributed by atoms with Crippen LogP contribution in [0, 0.1) is 0 Å². The van der Waals surface area contributed by atoms with Crippen LogP contribution < -0.4 is 14.8 Å². The van der Waals surface area contributed by atoms with E-state index in [4.69, 9.17) is 9.47 Å². The summed E-state index contributed by atoms with van der Waals surface area (Å²) in [5, 5.41) is 12.1. The van der Waals surface area contributed by atoms with E-state index in [2.05, 4.69) is 15.5 Å². The van der Waals surface area contributed by atoms with Crippen molar-refractivity contribution in [2.45, 2.75) is 57.0 Å². The van der Waals surface area contributed by atoms with Gasteiger partial charge >= 0.3 is 0 Å². The number of hydrogen-bond acceptors (Lipinski definition) is 7. The van der Waals surface area contributed by atoms with Crippen LogP contribution in [-0.2, 0) is 22.7 Å². The number of nitrogens with one attached hydrogen (secondary N) is 1. The highest BCUT2D eigenvalue weighted by Crippen LogP contribution is 2.30. The van der Waals surface area contributed by atoms with Crippen LogP contribution in [0.15, 0.2) is 29.4 Å². The molecule has 0 bridgehead atoms. The van der Waals surface area contributed by atoms with Crippen molar-refractivity contribution in [3.63, 3.8) is 0 Å². The quantitative estimate of drug-likeness (QED) is 0.605. The zero-order valence-electron chi connectivity index (χ0n) is 18.3. The van der Waals surface area contributed by atoms with Crippen LogP contribution in [0.1, 0.15) is 38.4 Å². The van der Waals surface area contributed by atoms with E-state index in [0.717, 1.165) is 37.4 Å². The van der Waals surface area contributed by atoms with Crippen LogP contribution in [0.2, 0.25) is 0 Å². The van der Waals surface area contributed by atoms with Crippen LogP contribution in [0.25, 0.3) is 0 Å². The second kappa shape index (κ2) is 10.7. The van der Waals surface area contributed by atoms with Gasteiger partial charge in [0.25, 0.3) is 0 Å². The van der Waals surface area contributed by atoms with E-state index in [-0.39, 0.29) is 23.7 Å². The molecule has 1 saturated heterocycles. The lowest BCUT2D eigenvalue weighted by molar-refractivity contribution is -0.131. The highest BCUT2D eigenvalue weighted by atomic mass is 32.2. The Kier molecular flexibility index (Phi) is 7.51. The summed E-state index contributed by atoms with van der Waals surface area (Å²) in [4.78, 5) is 26.5. The standard InChI is InChI=1S/C22H29N5O4S/c1-2-27-19(13-26-11-7-3-4-10-21(26)29)24-25-22(27)32-15-20(28)23-12-16-14-30-17-8-5-6-9-18(17)31-16/h5-6,8-9,16H,2-4,7,10-15H2,1H3,(H,23,28)/t16-/m1/s1. The van der Waals surface area contributed by atoms with Gasteiger partial charge in [0.2, 0.25) is 11.8 Å². The summed E-state index contributed by atoms with van der Waals surface area (Å²) in [6.45, 7) is 4.69. The molecular weight excluding hydrogens is 430 g/mol. The highest BCUT2D eigenvalue weighted by molar-refractivity contribution is 7.99. The third-order valence-corrected chi connectivity index (χ3v) is 6.51. The molecule has 1 N–H and O–H groups in total. The molecule has 9 nitrogen and oxygen atoms in total. The summed E-state index contributed by atoms with van der Waals surface area (Å²) < 4.78 is 13.5. The third kappa shape index (κ3) is 5.53. The minimum absolute atomic E-state index is 0.104. The minimum Gasteiger partial charge on any atom is -0.486 e. The molecule has 32 heavy (non-hydrogen) atoms. The lowest BCUT2D eigenvalue weighted by Gasteiger charge is -2.26. The predicted octanol–water partition coefficient (Wildman–Crippen LogP) is 2.25. The van der Waals surface area contributed by atoms with E-state index >= 15 is 0 Å². The highest BCUT2D eigenvalue weighted by Gasteiger charge is 2.23. The molecule has 3 heterocycles. The van der Waals surface area contributed by atoms with Crippen molar-refractivity contribution in [2.75, 3.05) is 25.4 Å². The van der Waals surface area contributed by atoms with Crippen molar-refractivity contribution in [1.82, 2.24) is 25.0 Å². The Morgan fingerprint density at radius 3 is 2.91 bits per heavy atom. The number of rotatable bonds is 8. The summed E-state index contributed by atoms with van der Waals surface area (Å²) in [6.07, 6.45) is 3.44. The molecule has 2 amide bonds. The number of benzene rings is 1. The van der Waals surface area contributed by atoms with E-state index in [0.29, 0.717) is 43.6 Å². The van der Waals surface area contributed by atoms with Gasteiger partial charge in [0.15, 0.2) is 22.5 Å². The summed E-state index contributed by atoms with van der Waals surface area (Å²) >= 11 is 1.34. The van der Waals surface area contributed by atoms with Gasteiger partial charge in [-0.3, -0.25) is 9.59 Å². The van der Waals surface area contributed by atoms with E-state index in [9.17, 15) is 9.59 Å². The molecule has 0 unspecified atom stereocenters. The average Bonchev–Trinajstić information content (AvgIpc) is 3.09. The van der Waals surface area contributed by atoms with Crippen LogP contribution in [0.4, 0.5) is 0 Å². The number of fused-ring (bicyclic) bond motifs is 1. The summed E-state index contributed by atoms with van der Waals surface area (Å²) in [7, 11) is 0. The molecular formula is C22H29N5O4S. The van der Waals surface area contributed by atoms with Gasteiger partial charge in [-0.1, -0.05) is 30.3 Å². The zero-order chi connectivity index (χ0) is 22.3. The van der Waals surface area contributed by atoms with E-state index < -0.39 is 0 Å². The fraction of sp³-hybridized carbons (Fsp3) is 0.545. The molecule has 0 saturated carbocycles. The van der Waals surface area contributed by atoms with E-state index in [1.165, 1.54) is 11.8 Å². The first-order chi connectivity index (χ1) is 15.6. The first-order valence-electron chi connectivity index (χ1n) is 11.1. The Bertz CT molecular complexity index is 950. The minimum atomic E-state index is -0.226. The third-order valence-electron chi connectivity index (χ3n) is 5.54. The average molecular weight is 460 g/mol. The number of nitrogens with zero attached hydrogens (tertiary/aromatic N) is 4. The molecule has 1 fully saturated rings. The topological polar surface area (TPSA) is 98.6 Å². The maximum absolute atomic E-state index is 12.4. The van der Waals surface area contributed by atoms with Crippen molar-refractivity contribution < 1.29 is 19.1 Å². The molecule has 1 aromatic carbocycles. The number of aromatic nitrogens is 3. The first kappa shape index (κ1) is 22.4. The van der Waals surface area contributed by atoms with Gasteiger partial charge in [0.1, 0.15) is 12.7 Å². The number of hydrogen-bond donors (Lipinski definition) is 1. The summed E-state index contributed by atoms with van der Waals surface area (Å²) in [6, 6.07) is 7.50. The van der Waals surface area contributed by atoms with E-state index in [1.54, 1.807) is 0 Å². The second-order valence-electron chi connectivity index (χ2n) is 7.86. The Hall–Kier alpha value is -2.75. The van der Waals surface area contributed by atoms with Crippen LogP contribution in [0.5, 0.6) is 11.5 Å². The lowest BCUT2D eigenvalue weighted by Crippen LogP contribution is -2.41.